The van der Waals surface area contributed by atoms with Gasteiger partial charge in [-0.05, 0) is 19.1 Å². The van der Waals surface area contributed by atoms with E-state index in [9.17, 15) is 4.79 Å². The molecule has 3 heterocycles. The Morgan fingerprint density at radius 3 is 2.96 bits per heavy atom. The highest BCUT2D eigenvalue weighted by atomic mass is 32.2. The molecule has 0 saturated carbocycles. The van der Waals surface area contributed by atoms with E-state index in [1.807, 2.05) is 24.3 Å². The van der Waals surface area contributed by atoms with E-state index in [1.54, 1.807) is 20.1 Å². The Bertz CT molecular complexity index is 1130. The van der Waals surface area contributed by atoms with Crippen molar-refractivity contribution in [1.82, 2.24) is 24.7 Å². The van der Waals surface area contributed by atoms with Crippen molar-refractivity contribution in [3.63, 3.8) is 0 Å². The van der Waals surface area contributed by atoms with E-state index in [-0.39, 0.29) is 5.56 Å². The number of hydrogen-bond donors (Lipinski definition) is 1. The smallest absolute Gasteiger partial charge is 0.287 e. The lowest BCUT2D eigenvalue weighted by Crippen LogP contribution is -2.12. The summed E-state index contributed by atoms with van der Waals surface area (Å²) in [5, 5.41) is 7.69. The van der Waals surface area contributed by atoms with Crippen LogP contribution in [0.1, 0.15) is 11.5 Å². The number of rotatable bonds is 5. The highest BCUT2D eigenvalue weighted by Gasteiger charge is 2.12. The topological polar surface area (TPSA) is 98.3 Å². The molecule has 4 aromatic rings. The Morgan fingerprint density at radius 1 is 1.27 bits per heavy atom. The van der Waals surface area contributed by atoms with Crippen molar-refractivity contribution in [3.8, 4) is 17.1 Å². The summed E-state index contributed by atoms with van der Waals surface area (Å²) in [7, 11) is 1.61. The number of aromatic nitrogens is 5. The molecule has 0 amide bonds. The maximum atomic E-state index is 12.1. The van der Waals surface area contributed by atoms with E-state index >= 15 is 0 Å². The maximum absolute atomic E-state index is 12.1. The first-order valence-corrected chi connectivity index (χ1v) is 8.81. The van der Waals surface area contributed by atoms with Gasteiger partial charge in [0, 0.05) is 17.9 Å². The summed E-state index contributed by atoms with van der Waals surface area (Å²) in [6.07, 6.45) is 0. The lowest BCUT2D eigenvalue weighted by atomic mass is 10.2. The van der Waals surface area contributed by atoms with Crippen LogP contribution in [0.4, 0.5) is 0 Å². The second-order valence-electron chi connectivity index (χ2n) is 5.54. The average Bonchev–Trinajstić information content (AvgIpc) is 3.26. The molecule has 3 aromatic heterocycles. The maximum Gasteiger partial charge on any atom is 0.287 e. The van der Waals surface area contributed by atoms with Crippen LogP contribution in [0.15, 0.2) is 50.9 Å². The number of nitrogens with zero attached hydrogens (tertiary/aromatic N) is 4. The molecule has 0 saturated heterocycles. The zero-order valence-corrected chi connectivity index (χ0v) is 14.9. The molecule has 0 unspecified atom stereocenters. The van der Waals surface area contributed by atoms with Crippen LogP contribution in [0.5, 0.6) is 5.75 Å². The molecule has 0 fully saturated rings. The third kappa shape index (κ3) is 3.08. The number of nitrogens with one attached hydrogen (secondary N) is 1. The Labute approximate surface area is 152 Å². The number of ether oxygens (including phenoxy) is 1. The van der Waals surface area contributed by atoms with Gasteiger partial charge >= 0.3 is 0 Å². The van der Waals surface area contributed by atoms with Gasteiger partial charge in [-0.1, -0.05) is 23.9 Å². The predicted molar refractivity (Wildman–Crippen MR) is 96.4 cm³/mol. The molecular weight excluding hydrogens is 354 g/mol. The minimum Gasteiger partial charge on any atom is -0.496 e. The Morgan fingerprint density at radius 2 is 2.12 bits per heavy atom. The molecule has 0 aliphatic heterocycles. The lowest BCUT2D eigenvalue weighted by Gasteiger charge is -2.04. The zero-order valence-electron chi connectivity index (χ0n) is 14.1. The number of methoxy groups -OCH3 is 1. The van der Waals surface area contributed by atoms with E-state index in [0.717, 1.165) is 11.3 Å². The highest BCUT2D eigenvalue weighted by Crippen LogP contribution is 2.28. The standard InChI is InChI=1S/C17H15N5O3S/c1-10-7-14-18-11(8-15(23)22(14)25-10)9-26-17-19-16(20-21-17)12-5-3-4-6-13(12)24-2/h3-8H,9H2,1-2H3,(H,19,20,21). The number of benzene rings is 1. The van der Waals surface area contributed by atoms with E-state index in [1.165, 1.54) is 22.4 Å². The number of thioether (sulfide) groups is 1. The molecule has 0 atom stereocenters. The summed E-state index contributed by atoms with van der Waals surface area (Å²) < 4.78 is 11.8. The van der Waals surface area contributed by atoms with E-state index in [0.29, 0.717) is 33.8 Å². The van der Waals surface area contributed by atoms with Gasteiger partial charge in [-0.15, -0.1) is 9.67 Å². The van der Waals surface area contributed by atoms with Crippen molar-refractivity contribution in [1.29, 1.82) is 0 Å². The van der Waals surface area contributed by atoms with Crippen molar-refractivity contribution in [3.05, 3.63) is 58.2 Å². The molecule has 0 aliphatic carbocycles. The minimum atomic E-state index is -0.247. The monoisotopic (exact) mass is 369 g/mol. The third-order valence-electron chi connectivity index (χ3n) is 3.70. The highest BCUT2D eigenvalue weighted by molar-refractivity contribution is 7.98. The molecular formula is C17H15N5O3S. The van der Waals surface area contributed by atoms with E-state index in [2.05, 4.69) is 20.2 Å². The van der Waals surface area contributed by atoms with Crippen molar-refractivity contribution in [2.24, 2.45) is 0 Å². The number of H-pyrrole nitrogens is 1. The van der Waals surface area contributed by atoms with Gasteiger partial charge < -0.3 is 9.26 Å². The van der Waals surface area contributed by atoms with Crippen LogP contribution < -0.4 is 10.3 Å². The molecule has 8 nitrogen and oxygen atoms in total. The fourth-order valence-electron chi connectivity index (χ4n) is 2.56. The number of hydrogen-bond acceptors (Lipinski definition) is 7. The second kappa shape index (κ2) is 6.68. The summed E-state index contributed by atoms with van der Waals surface area (Å²) >= 11 is 1.39. The second-order valence-corrected chi connectivity index (χ2v) is 6.48. The number of fused-ring (bicyclic) bond motifs is 1. The summed E-state index contributed by atoms with van der Waals surface area (Å²) in [5.74, 6) is 2.45. The normalized spacial score (nSPS) is 11.2. The minimum absolute atomic E-state index is 0.247. The van der Waals surface area contributed by atoms with Crippen LogP contribution >= 0.6 is 11.8 Å². The Hall–Kier alpha value is -3.07. The van der Waals surface area contributed by atoms with Gasteiger partial charge in [0.25, 0.3) is 5.56 Å². The van der Waals surface area contributed by atoms with Gasteiger partial charge in [0.2, 0.25) is 5.16 Å². The SMILES string of the molecule is COc1ccccc1-c1nc(SCc2cc(=O)n3oc(C)cc3n2)n[nH]1. The predicted octanol–water partition coefficient (Wildman–Crippen LogP) is 2.68. The first-order chi connectivity index (χ1) is 12.6. The van der Waals surface area contributed by atoms with Crippen molar-refractivity contribution < 1.29 is 9.26 Å². The molecule has 4 rings (SSSR count). The molecule has 26 heavy (non-hydrogen) atoms. The van der Waals surface area contributed by atoms with Crippen LogP contribution in [-0.2, 0) is 5.75 Å². The van der Waals surface area contributed by atoms with Gasteiger partial charge in [-0.3, -0.25) is 9.89 Å². The summed E-state index contributed by atoms with van der Waals surface area (Å²) in [5.41, 5.74) is 1.73. The molecule has 1 aromatic carbocycles. The van der Waals surface area contributed by atoms with Crippen LogP contribution in [-0.4, -0.2) is 31.8 Å². The fraction of sp³-hybridized carbons (Fsp3) is 0.176. The van der Waals surface area contributed by atoms with E-state index in [4.69, 9.17) is 9.26 Å². The first kappa shape index (κ1) is 16.4. The summed E-state index contributed by atoms with van der Waals surface area (Å²) in [6, 6.07) is 10.8. The van der Waals surface area contributed by atoms with Gasteiger partial charge in [0.1, 0.15) is 11.5 Å². The van der Waals surface area contributed by atoms with Crippen LogP contribution in [0, 0.1) is 6.92 Å². The Balaban J connectivity index is 1.54. The Kier molecular flexibility index (Phi) is 4.21. The van der Waals surface area contributed by atoms with Crippen LogP contribution in [0.2, 0.25) is 0 Å². The first-order valence-electron chi connectivity index (χ1n) is 7.82. The molecule has 9 heteroatoms. The lowest BCUT2D eigenvalue weighted by molar-refractivity contribution is 0.344. The van der Waals surface area contributed by atoms with Gasteiger partial charge in [-0.2, -0.15) is 0 Å². The number of aromatic amines is 1. The molecule has 0 bridgehead atoms. The quantitative estimate of drug-likeness (QED) is 0.540. The molecule has 132 valence electrons. The number of para-hydroxylation sites is 1. The van der Waals surface area contributed by atoms with Gasteiger partial charge in [0.05, 0.1) is 18.4 Å². The largest absolute Gasteiger partial charge is 0.496 e. The molecule has 0 spiro atoms. The average molecular weight is 369 g/mol. The fourth-order valence-corrected chi connectivity index (χ4v) is 3.25. The van der Waals surface area contributed by atoms with Crippen molar-refractivity contribution >= 4 is 17.4 Å². The third-order valence-corrected chi connectivity index (χ3v) is 4.58. The van der Waals surface area contributed by atoms with Crippen molar-refractivity contribution in [2.45, 2.75) is 17.8 Å². The van der Waals surface area contributed by atoms with E-state index < -0.39 is 0 Å². The van der Waals surface area contributed by atoms with Crippen LogP contribution in [0.25, 0.3) is 17.0 Å². The summed E-state index contributed by atoms with van der Waals surface area (Å²) in [6.45, 7) is 1.77. The number of aryl methyl sites for hydroxylation is 1. The zero-order chi connectivity index (χ0) is 18.1. The van der Waals surface area contributed by atoms with Gasteiger partial charge in [-0.25, -0.2) is 9.97 Å². The molecule has 0 aliphatic rings. The summed E-state index contributed by atoms with van der Waals surface area (Å²) in [4.78, 5) is 21.0. The van der Waals surface area contributed by atoms with Crippen molar-refractivity contribution in [2.75, 3.05) is 7.11 Å². The molecule has 1 N–H and O–H groups in total. The van der Waals surface area contributed by atoms with Gasteiger partial charge in [0.15, 0.2) is 11.5 Å². The van der Waals surface area contributed by atoms with Crippen LogP contribution in [0.3, 0.4) is 0 Å². The molecule has 0 radical (unpaired) electrons.